The molecule has 0 radical (unpaired) electrons. The van der Waals surface area contributed by atoms with Gasteiger partial charge in [-0.2, -0.15) is 8.42 Å². The summed E-state index contributed by atoms with van der Waals surface area (Å²) in [5, 5.41) is 10.8. The smallest absolute Gasteiger partial charge is 0.294 e. The van der Waals surface area contributed by atoms with Gasteiger partial charge in [0.1, 0.15) is 5.75 Å². The minimum Gasteiger partial charge on any atom is -0.507 e. The Morgan fingerprint density at radius 2 is 1.62 bits per heavy atom. The highest BCUT2D eigenvalue weighted by Gasteiger charge is 2.19. The van der Waals surface area contributed by atoms with Crippen LogP contribution in [0.2, 0.25) is 0 Å². The van der Waals surface area contributed by atoms with Gasteiger partial charge in [0.25, 0.3) is 10.1 Å². The van der Waals surface area contributed by atoms with Crippen LogP contribution in [0.25, 0.3) is 5.57 Å². The molecule has 0 spiro atoms. The van der Waals surface area contributed by atoms with Gasteiger partial charge in [-0.05, 0) is 68.7 Å². The Bertz CT molecular complexity index is 788. The van der Waals surface area contributed by atoms with Crippen molar-refractivity contribution >= 4 is 15.7 Å². The van der Waals surface area contributed by atoms with Crippen molar-refractivity contribution in [2.75, 3.05) is 0 Å². The molecule has 0 atom stereocenters. The Morgan fingerprint density at radius 3 is 2.23 bits per heavy atom. The van der Waals surface area contributed by atoms with Gasteiger partial charge in [0, 0.05) is 5.56 Å². The number of rotatable bonds is 2. The van der Waals surface area contributed by atoms with Gasteiger partial charge in [0.15, 0.2) is 0 Å². The first-order valence-corrected chi connectivity index (χ1v) is 11.0. The van der Waals surface area contributed by atoms with E-state index in [9.17, 15) is 18.1 Å². The van der Waals surface area contributed by atoms with Gasteiger partial charge >= 0.3 is 0 Å². The fourth-order valence-electron chi connectivity index (χ4n) is 3.45. The van der Waals surface area contributed by atoms with Gasteiger partial charge in [0.2, 0.25) is 0 Å². The van der Waals surface area contributed by atoms with E-state index in [0.29, 0.717) is 24.0 Å². The van der Waals surface area contributed by atoms with Crippen LogP contribution in [0.1, 0.15) is 76.3 Å². The minimum atomic E-state index is -4.33. The average Bonchev–Trinajstić information content (AvgIpc) is 2.57. The largest absolute Gasteiger partial charge is 0.507 e. The fraction of sp³-hybridized carbons (Fsp3) is 0.524. The Labute approximate surface area is 157 Å². The third kappa shape index (κ3) is 5.71. The first-order valence-electron chi connectivity index (χ1n) is 9.51. The van der Waals surface area contributed by atoms with Crippen molar-refractivity contribution in [3.8, 4) is 5.75 Å². The van der Waals surface area contributed by atoms with Crippen molar-refractivity contribution in [3.63, 3.8) is 0 Å². The van der Waals surface area contributed by atoms with E-state index in [1.807, 2.05) is 13.8 Å². The molecule has 2 bridgehead atoms. The van der Waals surface area contributed by atoms with Crippen LogP contribution in [0.15, 0.2) is 34.8 Å². The Balaban J connectivity index is 2.57. The highest BCUT2D eigenvalue weighted by Crippen LogP contribution is 2.35. The van der Waals surface area contributed by atoms with Crippen LogP contribution in [-0.4, -0.2) is 18.1 Å². The first-order chi connectivity index (χ1) is 12.3. The molecule has 1 aliphatic carbocycles. The van der Waals surface area contributed by atoms with E-state index in [1.54, 1.807) is 0 Å². The van der Waals surface area contributed by atoms with E-state index in [2.05, 4.69) is 12.2 Å². The number of phenols is 1. The second-order valence-electron chi connectivity index (χ2n) is 7.11. The third-order valence-electron chi connectivity index (χ3n) is 4.95. The molecular weight excluding hydrogens is 348 g/mol. The lowest BCUT2D eigenvalue weighted by Gasteiger charge is -2.15. The maximum absolute atomic E-state index is 11.7. The SMILES string of the molecule is CC/C1=C\CCCCCCC/C=C(\C)Cc2cc(S(=O)(=O)O)cc1c2O. The van der Waals surface area contributed by atoms with Gasteiger partial charge in [0.05, 0.1) is 4.90 Å². The highest BCUT2D eigenvalue weighted by molar-refractivity contribution is 7.85. The molecule has 0 saturated heterocycles. The van der Waals surface area contributed by atoms with Crippen LogP contribution in [0.5, 0.6) is 5.75 Å². The summed E-state index contributed by atoms with van der Waals surface area (Å²) < 4.78 is 33.0. The second-order valence-corrected chi connectivity index (χ2v) is 8.53. The monoisotopic (exact) mass is 378 g/mol. The molecule has 0 amide bonds. The fourth-order valence-corrected chi connectivity index (χ4v) is 4.01. The zero-order chi connectivity index (χ0) is 19.2. The highest BCUT2D eigenvalue weighted by atomic mass is 32.2. The molecule has 0 fully saturated rings. The topological polar surface area (TPSA) is 74.6 Å². The zero-order valence-electron chi connectivity index (χ0n) is 15.8. The van der Waals surface area contributed by atoms with Gasteiger partial charge in [-0.25, -0.2) is 0 Å². The van der Waals surface area contributed by atoms with Crippen LogP contribution in [0, 0.1) is 0 Å². The van der Waals surface area contributed by atoms with Crippen LogP contribution in [-0.2, 0) is 16.5 Å². The zero-order valence-corrected chi connectivity index (χ0v) is 16.6. The maximum Gasteiger partial charge on any atom is 0.294 e. The summed E-state index contributed by atoms with van der Waals surface area (Å²) in [6.45, 7) is 3.98. The summed E-state index contributed by atoms with van der Waals surface area (Å²) in [6, 6.07) is 2.78. The van der Waals surface area contributed by atoms with Crippen molar-refractivity contribution < 1.29 is 18.1 Å². The lowest BCUT2D eigenvalue weighted by atomic mass is 9.95. The molecular formula is C21H30O4S. The number of fused-ring (bicyclic) bond motifs is 2. The standard InChI is InChI=1S/C21H30O4S/c1-3-17-12-10-8-6-4-5-7-9-11-16(2)13-18-14-19(26(23,24)25)15-20(17)21(18)22/h11-12,14-15,22H,3-10,13H2,1-2H3,(H,23,24,25)/b16-11+,17-12+. The molecule has 2 rings (SSSR count). The van der Waals surface area contributed by atoms with Crippen LogP contribution in [0.4, 0.5) is 0 Å². The number of benzene rings is 1. The lowest BCUT2D eigenvalue weighted by Crippen LogP contribution is -2.02. The Kier molecular flexibility index (Phi) is 7.47. The normalized spacial score (nSPS) is 21.7. The summed E-state index contributed by atoms with van der Waals surface area (Å²) in [5.41, 5.74) is 3.07. The number of hydrogen-bond acceptors (Lipinski definition) is 3. The quantitative estimate of drug-likeness (QED) is 0.514. The van der Waals surface area contributed by atoms with E-state index < -0.39 is 10.1 Å². The first kappa shape index (κ1) is 20.7. The number of allylic oxidation sites excluding steroid dienone is 4. The molecule has 144 valence electrons. The predicted octanol–water partition coefficient (Wildman–Crippen LogP) is 5.67. The van der Waals surface area contributed by atoms with E-state index in [1.165, 1.54) is 31.4 Å². The van der Waals surface area contributed by atoms with Gasteiger partial charge in [-0.15, -0.1) is 0 Å². The number of hydrogen-bond donors (Lipinski definition) is 2. The molecule has 0 unspecified atom stereocenters. The summed E-state index contributed by atoms with van der Waals surface area (Å²) in [5.74, 6) is 0.119. The molecule has 0 aliphatic heterocycles. The summed E-state index contributed by atoms with van der Waals surface area (Å²) in [6.07, 6.45) is 13.2. The molecule has 2 N–H and O–H groups in total. The molecule has 1 aliphatic rings. The van der Waals surface area contributed by atoms with E-state index in [-0.39, 0.29) is 10.6 Å². The summed E-state index contributed by atoms with van der Waals surface area (Å²) in [4.78, 5) is -0.156. The Hall–Kier alpha value is -1.59. The molecule has 0 heterocycles. The lowest BCUT2D eigenvalue weighted by molar-refractivity contribution is 0.465. The molecule has 4 nitrogen and oxygen atoms in total. The maximum atomic E-state index is 11.7. The van der Waals surface area contributed by atoms with E-state index in [0.717, 1.165) is 36.8 Å². The number of phenolic OH excluding ortho intramolecular Hbond substituents is 1. The van der Waals surface area contributed by atoms with Gasteiger partial charge in [-0.3, -0.25) is 4.55 Å². The van der Waals surface area contributed by atoms with Crippen LogP contribution >= 0.6 is 0 Å². The summed E-state index contributed by atoms with van der Waals surface area (Å²) >= 11 is 0. The molecule has 0 aromatic heterocycles. The molecule has 1 aromatic rings. The molecule has 5 heteroatoms. The van der Waals surface area contributed by atoms with Crippen LogP contribution in [0.3, 0.4) is 0 Å². The summed E-state index contributed by atoms with van der Waals surface area (Å²) in [7, 11) is -4.33. The van der Waals surface area contributed by atoms with E-state index >= 15 is 0 Å². The Morgan fingerprint density at radius 1 is 1.00 bits per heavy atom. The third-order valence-corrected chi connectivity index (χ3v) is 5.78. The van der Waals surface area contributed by atoms with Crippen molar-refractivity contribution in [2.24, 2.45) is 0 Å². The van der Waals surface area contributed by atoms with Gasteiger partial charge in [-0.1, -0.05) is 43.9 Å². The van der Waals surface area contributed by atoms with E-state index in [4.69, 9.17) is 0 Å². The van der Waals surface area contributed by atoms with Gasteiger partial charge < -0.3 is 5.11 Å². The molecule has 0 saturated carbocycles. The molecule has 26 heavy (non-hydrogen) atoms. The number of aromatic hydroxyl groups is 1. The predicted molar refractivity (Wildman–Crippen MR) is 106 cm³/mol. The average molecular weight is 379 g/mol. The van der Waals surface area contributed by atoms with Crippen molar-refractivity contribution in [1.82, 2.24) is 0 Å². The van der Waals surface area contributed by atoms with Crippen molar-refractivity contribution in [1.29, 1.82) is 0 Å². The molecule has 1 aromatic carbocycles. The van der Waals surface area contributed by atoms with Crippen LogP contribution < -0.4 is 0 Å². The second kappa shape index (κ2) is 9.38. The van der Waals surface area contributed by atoms with Crippen molar-refractivity contribution in [3.05, 3.63) is 41.0 Å². The minimum absolute atomic E-state index is 0.119. The van der Waals surface area contributed by atoms with Crippen molar-refractivity contribution in [2.45, 2.75) is 76.5 Å².